The molecule has 2 aromatic rings. The zero-order chi connectivity index (χ0) is 19.8. The predicted molar refractivity (Wildman–Crippen MR) is 110 cm³/mol. The van der Waals surface area contributed by atoms with Crippen LogP contribution in [0, 0.1) is 0 Å². The summed E-state index contributed by atoms with van der Waals surface area (Å²) in [6.45, 7) is 0.675. The predicted octanol–water partition coefficient (Wildman–Crippen LogP) is 4.21. The molecule has 0 heterocycles. The minimum Gasteiger partial charge on any atom is -0.492 e. The number of halogens is 1. The highest BCUT2D eigenvalue weighted by Gasteiger charge is 2.17. The second kappa shape index (κ2) is 9.99. The van der Waals surface area contributed by atoms with Crippen molar-refractivity contribution in [2.24, 2.45) is 0 Å². The van der Waals surface area contributed by atoms with Crippen LogP contribution in [0.25, 0.3) is 0 Å². The molecule has 0 aliphatic heterocycles. The highest BCUT2D eigenvalue weighted by molar-refractivity contribution is 6.30. The Balaban J connectivity index is 1.38. The SMILES string of the molecule is O=C(NCCOc1cccc(Cl)c1)Nc1ccc(C(=O)NC2CCCC2)cc1. The summed E-state index contributed by atoms with van der Waals surface area (Å²) >= 11 is 5.89. The lowest BCUT2D eigenvalue weighted by molar-refractivity contribution is 0.0938. The van der Waals surface area contributed by atoms with Gasteiger partial charge in [-0.05, 0) is 55.3 Å². The van der Waals surface area contributed by atoms with Gasteiger partial charge in [-0.1, -0.05) is 30.5 Å². The van der Waals surface area contributed by atoms with Crippen LogP contribution in [0.15, 0.2) is 48.5 Å². The Morgan fingerprint density at radius 1 is 1.07 bits per heavy atom. The maximum Gasteiger partial charge on any atom is 0.319 e. The van der Waals surface area contributed by atoms with Crippen LogP contribution in [-0.2, 0) is 0 Å². The Hall–Kier alpha value is -2.73. The molecule has 0 aromatic heterocycles. The first-order chi connectivity index (χ1) is 13.6. The van der Waals surface area contributed by atoms with E-state index in [0.29, 0.717) is 35.2 Å². The molecule has 1 saturated carbocycles. The van der Waals surface area contributed by atoms with Crippen molar-refractivity contribution >= 4 is 29.2 Å². The van der Waals surface area contributed by atoms with E-state index in [1.807, 2.05) is 0 Å². The molecule has 6 nitrogen and oxygen atoms in total. The highest BCUT2D eigenvalue weighted by atomic mass is 35.5. The molecule has 2 aromatic carbocycles. The molecular weight excluding hydrogens is 378 g/mol. The summed E-state index contributed by atoms with van der Waals surface area (Å²) < 4.78 is 5.51. The normalized spacial score (nSPS) is 13.8. The number of benzene rings is 2. The summed E-state index contributed by atoms with van der Waals surface area (Å²) in [7, 11) is 0. The summed E-state index contributed by atoms with van der Waals surface area (Å²) in [5, 5.41) is 9.09. The van der Waals surface area contributed by atoms with Crippen LogP contribution >= 0.6 is 11.6 Å². The molecule has 148 valence electrons. The van der Waals surface area contributed by atoms with Crippen LogP contribution in [0.3, 0.4) is 0 Å². The number of ether oxygens (including phenoxy) is 1. The zero-order valence-corrected chi connectivity index (χ0v) is 16.3. The van der Waals surface area contributed by atoms with Crippen LogP contribution in [-0.4, -0.2) is 31.1 Å². The summed E-state index contributed by atoms with van der Waals surface area (Å²) in [4.78, 5) is 24.2. The molecule has 3 rings (SSSR count). The van der Waals surface area contributed by atoms with E-state index in [1.54, 1.807) is 48.5 Å². The fourth-order valence-electron chi connectivity index (χ4n) is 3.11. The Bertz CT molecular complexity index is 805. The number of hydrogen-bond acceptors (Lipinski definition) is 3. The molecule has 0 atom stereocenters. The van der Waals surface area contributed by atoms with Gasteiger partial charge < -0.3 is 20.7 Å². The molecule has 0 unspecified atom stereocenters. The van der Waals surface area contributed by atoms with E-state index in [1.165, 1.54) is 12.8 Å². The smallest absolute Gasteiger partial charge is 0.319 e. The first-order valence-corrected chi connectivity index (χ1v) is 9.82. The fraction of sp³-hybridized carbons (Fsp3) is 0.333. The lowest BCUT2D eigenvalue weighted by Crippen LogP contribution is -2.33. The van der Waals surface area contributed by atoms with Gasteiger partial charge in [0, 0.05) is 22.3 Å². The summed E-state index contributed by atoms with van der Waals surface area (Å²) in [6, 6.07) is 13.9. The molecule has 28 heavy (non-hydrogen) atoms. The second-order valence-electron chi connectivity index (χ2n) is 6.72. The first kappa shape index (κ1) is 20.0. The van der Waals surface area contributed by atoms with Crippen molar-refractivity contribution in [3.05, 3.63) is 59.1 Å². The second-order valence-corrected chi connectivity index (χ2v) is 7.16. The topological polar surface area (TPSA) is 79.5 Å². The number of urea groups is 1. The minimum atomic E-state index is -0.335. The molecule has 7 heteroatoms. The summed E-state index contributed by atoms with van der Waals surface area (Å²) in [5.41, 5.74) is 1.21. The summed E-state index contributed by atoms with van der Waals surface area (Å²) in [5.74, 6) is 0.585. The van der Waals surface area contributed by atoms with Crippen molar-refractivity contribution in [3.63, 3.8) is 0 Å². The number of carbonyl (C=O) groups excluding carboxylic acids is 2. The molecular formula is C21H24ClN3O3. The number of anilines is 1. The van der Waals surface area contributed by atoms with Crippen LogP contribution in [0.4, 0.5) is 10.5 Å². The van der Waals surface area contributed by atoms with Gasteiger partial charge in [0.25, 0.3) is 5.91 Å². The third-order valence-electron chi connectivity index (χ3n) is 4.55. The van der Waals surface area contributed by atoms with Crippen molar-refractivity contribution in [1.29, 1.82) is 0 Å². The van der Waals surface area contributed by atoms with Gasteiger partial charge in [0.15, 0.2) is 0 Å². The van der Waals surface area contributed by atoms with Crippen molar-refractivity contribution in [2.45, 2.75) is 31.7 Å². The van der Waals surface area contributed by atoms with E-state index in [0.717, 1.165) is 12.8 Å². The van der Waals surface area contributed by atoms with E-state index >= 15 is 0 Å². The van der Waals surface area contributed by atoms with Crippen molar-refractivity contribution < 1.29 is 14.3 Å². The summed E-state index contributed by atoms with van der Waals surface area (Å²) in [6.07, 6.45) is 4.44. The van der Waals surface area contributed by atoms with Crippen LogP contribution in [0.2, 0.25) is 5.02 Å². The van der Waals surface area contributed by atoms with Gasteiger partial charge in [-0.3, -0.25) is 4.79 Å². The quantitative estimate of drug-likeness (QED) is 0.608. The highest BCUT2D eigenvalue weighted by Crippen LogP contribution is 2.19. The third kappa shape index (κ3) is 6.16. The molecule has 1 aliphatic carbocycles. The van der Waals surface area contributed by atoms with Gasteiger partial charge in [-0.2, -0.15) is 0 Å². The van der Waals surface area contributed by atoms with Crippen molar-refractivity contribution in [1.82, 2.24) is 10.6 Å². The largest absolute Gasteiger partial charge is 0.492 e. The van der Waals surface area contributed by atoms with Crippen LogP contribution in [0.5, 0.6) is 5.75 Å². The van der Waals surface area contributed by atoms with E-state index in [2.05, 4.69) is 16.0 Å². The lowest BCUT2D eigenvalue weighted by Gasteiger charge is -2.12. The van der Waals surface area contributed by atoms with Gasteiger partial charge in [-0.15, -0.1) is 0 Å². The number of amides is 3. The van der Waals surface area contributed by atoms with Gasteiger partial charge in [0.05, 0.1) is 6.54 Å². The van der Waals surface area contributed by atoms with E-state index in [4.69, 9.17) is 16.3 Å². The molecule has 3 N–H and O–H groups in total. The maximum absolute atomic E-state index is 12.2. The average molecular weight is 402 g/mol. The molecule has 3 amide bonds. The Morgan fingerprint density at radius 3 is 2.54 bits per heavy atom. The molecule has 0 saturated heterocycles. The molecule has 0 spiro atoms. The molecule has 0 radical (unpaired) electrons. The first-order valence-electron chi connectivity index (χ1n) is 9.44. The van der Waals surface area contributed by atoms with E-state index < -0.39 is 0 Å². The number of hydrogen-bond donors (Lipinski definition) is 3. The standard InChI is InChI=1S/C21H24ClN3O3/c22-16-4-3-7-19(14-16)28-13-12-23-21(27)25-18-10-8-15(9-11-18)20(26)24-17-5-1-2-6-17/h3-4,7-11,14,17H,1-2,5-6,12-13H2,(H,24,26)(H2,23,25,27). The average Bonchev–Trinajstić information content (AvgIpc) is 3.19. The van der Waals surface area contributed by atoms with Gasteiger partial charge in [0.1, 0.15) is 12.4 Å². The van der Waals surface area contributed by atoms with Crippen molar-refractivity contribution in [2.75, 3.05) is 18.5 Å². The zero-order valence-electron chi connectivity index (χ0n) is 15.5. The Labute approximate surface area is 169 Å². The minimum absolute atomic E-state index is 0.0685. The van der Waals surface area contributed by atoms with Crippen molar-refractivity contribution in [3.8, 4) is 5.75 Å². The van der Waals surface area contributed by atoms with Crippen LogP contribution < -0.4 is 20.7 Å². The molecule has 1 fully saturated rings. The number of nitrogens with one attached hydrogen (secondary N) is 3. The molecule has 1 aliphatic rings. The number of carbonyl (C=O) groups is 2. The third-order valence-corrected chi connectivity index (χ3v) is 4.78. The Morgan fingerprint density at radius 2 is 1.82 bits per heavy atom. The Kier molecular flexibility index (Phi) is 7.14. The fourth-order valence-corrected chi connectivity index (χ4v) is 3.29. The van der Waals surface area contributed by atoms with Gasteiger partial charge in [-0.25, -0.2) is 4.79 Å². The van der Waals surface area contributed by atoms with E-state index in [9.17, 15) is 9.59 Å². The number of rotatable bonds is 7. The van der Waals surface area contributed by atoms with Crippen LogP contribution in [0.1, 0.15) is 36.0 Å². The monoisotopic (exact) mass is 401 g/mol. The van der Waals surface area contributed by atoms with Gasteiger partial charge in [0.2, 0.25) is 0 Å². The lowest BCUT2D eigenvalue weighted by atomic mass is 10.1. The van der Waals surface area contributed by atoms with E-state index in [-0.39, 0.29) is 18.0 Å². The molecule has 0 bridgehead atoms. The van der Waals surface area contributed by atoms with Gasteiger partial charge >= 0.3 is 6.03 Å². The maximum atomic E-state index is 12.2.